The number of halogens is 2. The summed E-state index contributed by atoms with van der Waals surface area (Å²) in [6.07, 6.45) is 0.146. The van der Waals surface area contributed by atoms with Crippen molar-refractivity contribution in [3.8, 4) is 0 Å². The zero-order chi connectivity index (χ0) is 17.3. The Morgan fingerprint density at radius 3 is 2.70 bits per heavy atom. The Bertz CT molecular complexity index is 621. The summed E-state index contributed by atoms with van der Waals surface area (Å²) in [5.74, 6) is -0.904. The van der Waals surface area contributed by atoms with Gasteiger partial charge >= 0.3 is 0 Å². The second kappa shape index (κ2) is 6.87. The summed E-state index contributed by atoms with van der Waals surface area (Å²) in [6, 6.07) is 3.98. The van der Waals surface area contributed by atoms with Crippen LogP contribution in [0.5, 0.6) is 0 Å². The summed E-state index contributed by atoms with van der Waals surface area (Å²) in [5, 5.41) is 0.0283. The van der Waals surface area contributed by atoms with Gasteiger partial charge in [-0.05, 0) is 23.6 Å². The Hall–Kier alpha value is -1.62. The molecule has 0 radical (unpaired) electrons. The van der Waals surface area contributed by atoms with Gasteiger partial charge in [0.1, 0.15) is 5.82 Å². The molecule has 4 nitrogen and oxygen atoms in total. The highest BCUT2D eigenvalue weighted by molar-refractivity contribution is 6.30. The third-order valence-electron chi connectivity index (χ3n) is 4.20. The largest absolute Gasteiger partial charge is 0.345 e. The van der Waals surface area contributed by atoms with E-state index in [9.17, 15) is 14.0 Å². The van der Waals surface area contributed by atoms with Crippen LogP contribution < -0.4 is 0 Å². The van der Waals surface area contributed by atoms with Gasteiger partial charge in [-0.3, -0.25) is 9.59 Å². The van der Waals surface area contributed by atoms with Crippen LogP contribution in [0.25, 0.3) is 0 Å². The molecule has 6 heteroatoms. The predicted molar refractivity (Wildman–Crippen MR) is 87.5 cm³/mol. The molecule has 0 aliphatic carbocycles. The van der Waals surface area contributed by atoms with Crippen molar-refractivity contribution in [3.63, 3.8) is 0 Å². The minimum Gasteiger partial charge on any atom is -0.345 e. The van der Waals surface area contributed by atoms with E-state index >= 15 is 0 Å². The van der Waals surface area contributed by atoms with Crippen molar-refractivity contribution in [1.29, 1.82) is 0 Å². The maximum atomic E-state index is 13.8. The standard InChI is InChI=1S/C17H22ClFN2O2/c1-10(2)9-20(3)17(23)12-8-15(22)21(4)16(12)11-5-6-13(18)14(19)7-11/h5-7,10,12,16H,8-9H2,1-4H3. The first-order valence-corrected chi connectivity index (χ1v) is 8.05. The molecule has 1 saturated heterocycles. The first-order chi connectivity index (χ1) is 10.7. The molecule has 0 spiro atoms. The van der Waals surface area contributed by atoms with Gasteiger partial charge in [0.05, 0.1) is 17.0 Å². The molecule has 1 aromatic carbocycles. The molecule has 2 atom stereocenters. The molecule has 1 aliphatic heterocycles. The van der Waals surface area contributed by atoms with Gasteiger partial charge in [0.2, 0.25) is 11.8 Å². The molecule has 2 unspecified atom stereocenters. The number of carbonyl (C=O) groups is 2. The number of hydrogen-bond acceptors (Lipinski definition) is 2. The minimum atomic E-state index is -0.543. The predicted octanol–water partition coefficient (Wildman–Crippen LogP) is 3.11. The van der Waals surface area contributed by atoms with Gasteiger partial charge in [-0.1, -0.05) is 31.5 Å². The number of hydrogen-bond donors (Lipinski definition) is 0. The molecule has 1 heterocycles. The minimum absolute atomic E-state index is 0.0283. The highest BCUT2D eigenvalue weighted by Gasteiger charge is 2.43. The lowest BCUT2D eigenvalue weighted by Crippen LogP contribution is -2.37. The van der Waals surface area contributed by atoms with Gasteiger partial charge < -0.3 is 9.80 Å². The van der Waals surface area contributed by atoms with Gasteiger partial charge in [-0.15, -0.1) is 0 Å². The van der Waals surface area contributed by atoms with E-state index in [1.54, 1.807) is 25.1 Å². The van der Waals surface area contributed by atoms with E-state index in [0.29, 0.717) is 18.0 Å². The summed E-state index contributed by atoms with van der Waals surface area (Å²) in [4.78, 5) is 28.0. The molecule has 0 aromatic heterocycles. The van der Waals surface area contributed by atoms with Crippen LogP contribution in [0.15, 0.2) is 18.2 Å². The topological polar surface area (TPSA) is 40.6 Å². The van der Waals surface area contributed by atoms with Crippen LogP contribution in [0.2, 0.25) is 5.02 Å². The highest BCUT2D eigenvalue weighted by atomic mass is 35.5. The number of amides is 2. The van der Waals surface area contributed by atoms with Gasteiger partial charge in [0.15, 0.2) is 0 Å². The first-order valence-electron chi connectivity index (χ1n) is 7.68. The Morgan fingerprint density at radius 2 is 2.13 bits per heavy atom. The third kappa shape index (κ3) is 3.66. The normalized spacial score (nSPS) is 21.2. The fourth-order valence-corrected chi connectivity index (χ4v) is 3.28. The van der Waals surface area contributed by atoms with E-state index in [0.717, 1.165) is 0 Å². The van der Waals surface area contributed by atoms with Crippen molar-refractivity contribution >= 4 is 23.4 Å². The second-order valence-corrected chi connectivity index (χ2v) is 6.95. The second-order valence-electron chi connectivity index (χ2n) is 6.55. The zero-order valence-electron chi connectivity index (χ0n) is 13.8. The van der Waals surface area contributed by atoms with Gasteiger partial charge in [-0.25, -0.2) is 4.39 Å². The zero-order valence-corrected chi connectivity index (χ0v) is 14.6. The average molecular weight is 341 g/mol. The lowest BCUT2D eigenvalue weighted by molar-refractivity contribution is -0.135. The SMILES string of the molecule is CC(C)CN(C)C(=O)C1CC(=O)N(C)C1c1ccc(Cl)c(F)c1. The van der Waals surface area contributed by atoms with E-state index in [1.165, 1.54) is 17.0 Å². The molecular weight excluding hydrogens is 319 g/mol. The number of likely N-dealkylation sites (tertiary alicyclic amines) is 1. The quantitative estimate of drug-likeness (QED) is 0.845. The molecule has 2 rings (SSSR count). The van der Waals surface area contributed by atoms with E-state index < -0.39 is 17.8 Å². The van der Waals surface area contributed by atoms with Crippen LogP contribution in [-0.2, 0) is 9.59 Å². The number of benzene rings is 1. The number of rotatable bonds is 4. The van der Waals surface area contributed by atoms with E-state index in [2.05, 4.69) is 0 Å². The third-order valence-corrected chi connectivity index (χ3v) is 4.51. The van der Waals surface area contributed by atoms with E-state index in [1.807, 2.05) is 13.8 Å². The van der Waals surface area contributed by atoms with Crippen molar-refractivity contribution in [2.45, 2.75) is 26.3 Å². The van der Waals surface area contributed by atoms with Crippen LogP contribution in [-0.4, -0.2) is 42.3 Å². The summed E-state index contributed by atoms with van der Waals surface area (Å²) in [6.45, 7) is 4.68. The van der Waals surface area contributed by atoms with Crippen LogP contribution in [0.1, 0.15) is 31.9 Å². The first kappa shape index (κ1) is 17.7. The van der Waals surface area contributed by atoms with Crippen molar-refractivity contribution in [3.05, 3.63) is 34.6 Å². The summed E-state index contributed by atoms with van der Waals surface area (Å²) >= 11 is 5.73. The molecule has 126 valence electrons. The van der Waals surface area contributed by atoms with Crippen LogP contribution in [0.3, 0.4) is 0 Å². The number of carbonyl (C=O) groups excluding carboxylic acids is 2. The monoisotopic (exact) mass is 340 g/mol. The average Bonchev–Trinajstić information content (AvgIpc) is 2.76. The molecule has 0 bridgehead atoms. The Balaban J connectivity index is 2.32. The molecule has 1 aliphatic rings. The van der Waals surface area contributed by atoms with E-state index in [4.69, 9.17) is 11.6 Å². The van der Waals surface area contributed by atoms with Crippen molar-refractivity contribution < 1.29 is 14.0 Å². The molecule has 0 saturated carbocycles. The molecular formula is C17H22ClFN2O2. The van der Waals surface area contributed by atoms with Gasteiger partial charge in [0.25, 0.3) is 0 Å². The molecule has 23 heavy (non-hydrogen) atoms. The Kier molecular flexibility index (Phi) is 5.30. The van der Waals surface area contributed by atoms with Crippen molar-refractivity contribution in [2.24, 2.45) is 11.8 Å². The Labute approximate surface area is 141 Å². The van der Waals surface area contributed by atoms with Gasteiger partial charge in [0, 0.05) is 27.1 Å². The maximum absolute atomic E-state index is 13.8. The van der Waals surface area contributed by atoms with Crippen LogP contribution >= 0.6 is 11.6 Å². The molecule has 2 amide bonds. The summed E-state index contributed by atoms with van der Waals surface area (Å²) in [7, 11) is 3.39. The number of nitrogens with zero attached hydrogens (tertiary/aromatic N) is 2. The summed E-state index contributed by atoms with van der Waals surface area (Å²) < 4.78 is 13.8. The summed E-state index contributed by atoms with van der Waals surface area (Å²) in [5.41, 5.74) is 0.594. The van der Waals surface area contributed by atoms with Gasteiger partial charge in [-0.2, -0.15) is 0 Å². The van der Waals surface area contributed by atoms with Crippen molar-refractivity contribution in [2.75, 3.05) is 20.6 Å². The molecule has 0 N–H and O–H groups in total. The molecule has 1 aromatic rings. The Morgan fingerprint density at radius 1 is 1.48 bits per heavy atom. The lowest BCUT2D eigenvalue weighted by Gasteiger charge is -2.28. The molecule has 1 fully saturated rings. The smallest absolute Gasteiger partial charge is 0.228 e. The van der Waals surface area contributed by atoms with E-state index in [-0.39, 0.29) is 23.3 Å². The lowest BCUT2D eigenvalue weighted by atomic mass is 9.92. The highest BCUT2D eigenvalue weighted by Crippen LogP contribution is 2.38. The maximum Gasteiger partial charge on any atom is 0.228 e. The fraction of sp³-hybridized carbons (Fsp3) is 0.529. The van der Waals surface area contributed by atoms with Crippen molar-refractivity contribution in [1.82, 2.24) is 9.80 Å². The fourth-order valence-electron chi connectivity index (χ4n) is 3.16. The van der Waals surface area contributed by atoms with Crippen LogP contribution in [0.4, 0.5) is 4.39 Å². The van der Waals surface area contributed by atoms with Crippen LogP contribution in [0, 0.1) is 17.7 Å².